The molecule has 8 heteroatoms. The van der Waals surface area contributed by atoms with Gasteiger partial charge in [-0.1, -0.05) is 18.9 Å². The van der Waals surface area contributed by atoms with Crippen LogP contribution in [0, 0.1) is 11.7 Å². The van der Waals surface area contributed by atoms with E-state index < -0.39 is 29.2 Å². The van der Waals surface area contributed by atoms with Gasteiger partial charge in [0.05, 0.1) is 6.04 Å². The number of benzene rings is 1. The number of carbonyl (C=O) groups is 1. The highest BCUT2D eigenvalue weighted by atomic mass is 19.1. The molecule has 1 aromatic carbocycles. The van der Waals surface area contributed by atoms with Gasteiger partial charge in [-0.3, -0.25) is 14.3 Å². The van der Waals surface area contributed by atoms with E-state index in [0.717, 1.165) is 25.3 Å². The molecule has 0 saturated heterocycles. The molecular weight excluding hydrogens is 329 g/mol. The van der Waals surface area contributed by atoms with Gasteiger partial charge >= 0.3 is 11.8 Å². The Morgan fingerprint density at radius 1 is 1.36 bits per heavy atom. The minimum atomic E-state index is -1.12. The predicted octanol–water partition coefficient (Wildman–Crippen LogP) is 1.91. The Morgan fingerprint density at radius 3 is 2.76 bits per heavy atom. The average Bonchev–Trinajstić information content (AvgIpc) is 3.36. The van der Waals surface area contributed by atoms with Crippen LogP contribution in [0.25, 0.3) is 0 Å². The van der Waals surface area contributed by atoms with Gasteiger partial charge in [0.25, 0.3) is 5.56 Å². The van der Waals surface area contributed by atoms with Crippen molar-refractivity contribution >= 4 is 6.09 Å². The van der Waals surface area contributed by atoms with Gasteiger partial charge in [0.15, 0.2) is 11.6 Å². The number of hydrogen-bond donors (Lipinski definition) is 2. The Bertz CT molecular complexity index is 901. The van der Waals surface area contributed by atoms with Gasteiger partial charge in [0.1, 0.15) is 0 Å². The van der Waals surface area contributed by atoms with Crippen molar-refractivity contribution in [3.8, 4) is 5.75 Å². The molecule has 0 spiro atoms. The maximum Gasteiger partial charge on any atom is 0.410 e. The summed E-state index contributed by atoms with van der Waals surface area (Å²) >= 11 is 0. The Hall–Kier alpha value is -2.90. The Labute approximate surface area is 142 Å². The van der Waals surface area contributed by atoms with Crippen LogP contribution >= 0.6 is 0 Å². The molecule has 1 aliphatic rings. The number of aromatic nitrogens is 2. The first-order valence-corrected chi connectivity index (χ1v) is 8.02. The van der Waals surface area contributed by atoms with E-state index in [0.29, 0.717) is 17.9 Å². The van der Waals surface area contributed by atoms with Crippen LogP contribution in [0.15, 0.2) is 40.1 Å². The van der Waals surface area contributed by atoms with E-state index in [1.54, 1.807) is 0 Å². The molecule has 1 heterocycles. The monoisotopic (exact) mass is 347 g/mol. The second-order valence-electron chi connectivity index (χ2n) is 6.16. The fraction of sp³-hybridized carbons (Fsp3) is 0.353. The van der Waals surface area contributed by atoms with Gasteiger partial charge in [-0.05, 0) is 36.5 Å². The maximum absolute atomic E-state index is 13.8. The summed E-state index contributed by atoms with van der Waals surface area (Å²) < 4.78 is 19.9. The number of H-pyrrole nitrogens is 1. The van der Waals surface area contributed by atoms with Crippen molar-refractivity contribution in [3.05, 3.63) is 62.7 Å². The molecule has 25 heavy (non-hydrogen) atoms. The van der Waals surface area contributed by atoms with E-state index in [-0.39, 0.29) is 5.75 Å². The molecule has 1 atom stereocenters. The van der Waals surface area contributed by atoms with E-state index in [2.05, 4.69) is 9.72 Å². The lowest BCUT2D eigenvalue weighted by Gasteiger charge is -2.20. The third kappa shape index (κ3) is 4.14. The molecule has 132 valence electrons. The lowest BCUT2D eigenvalue weighted by atomic mass is 9.99. The van der Waals surface area contributed by atoms with Crippen LogP contribution in [0.5, 0.6) is 5.75 Å². The molecule has 2 aromatic rings. The standard InChI is InChI=1S/C17H18FN3O4/c18-12-5-4-11(9-14(12)25-16(19)23)13(6-3-10-1-2-10)21-8-7-15(22)20-17(21)24/h4-5,7-10,13H,1-3,6H2,(H2,19,23)(H,20,22,24). The van der Waals surface area contributed by atoms with Crippen molar-refractivity contribution < 1.29 is 13.9 Å². The number of hydrogen-bond acceptors (Lipinski definition) is 4. The maximum atomic E-state index is 13.8. The fourth-order valence-corrected chi connectivity index (χ4v) is 2.85. The minimum Gasteiger partial charge on any atom is -0.407 e. The number of rotatable bonds is 6. The van der Waals surface area contributed by atoms with Gasteiger partial charge < -0.3 is 10.5 Å². The first-order chi connectivity index (χ1) is 11.9. The molecule has 7 nitrogen and oxygen atoms in total. The van der Waals surface area contributed by atoms with Gasteiger partial charge in [-0.25, -0.2) is 14.0 Å². The van der Waals surface area contributed by atoms with Gasteiger partial charge in [0.2, 0.25) is 0 Å². The second kappa shape index (κ2) is 6.92. The second-order valence-corrected chi connectivity index (χ2v) is 6.16. The summed E-state index contributed by atoms with van der Waals surface area (Å²) in [5.74, 6) is -0.390. The molecule has 3 N–H and O–H groups in total. The van der Waals surface area contributed by atoms with E-state index in [1.807, 2.05) is 0 Å². The highest BCUT2D eigenvalue weighted by Crippen LogP contribution is 2.37. The van der Waals surface area contributed by atoms with Gasteiger partial charge in [-0.15, -0.1) is 0 Å². The summed E-state index contributed by atoms with van der Waals surface area (Å²) in [5, 5.41) is 0. The van der Waals surface area contributed by atoms with Crippen molar-refractivity contribution in [1.82, 2.24) is 9.55 Å². The summed E-state index contributed by atoms with van der Waals surface area (Å²) in [6.07, 6.45) is 4.15. The van der Waals surface area contributed by atoms with E-state index in [1.165, 1.54) is 29.0 Å². The normalized spacial score (nSPS) is 14.9. The molecule has 1 aliphatic carbocycles. The van der Waals surface area contributed by atoms with Crippen LogP contribution in [0.2, 0.25) is 0 Å². The van der Waals surface area contributed by atoms with E-state index in [9.17, 15) is 18.8 Å². The van der Waals surface area contributed by atoms with E-state index in [4.69, 9.17) is 5.73 Å². The minimum absolute atomic E-state index is 0.293. The number of amides is 1. The Morgan fingerprint density at radius 2 is 2.12 bits per heavy atom. The molecule has 0 bridgehead atoms. The largest absolute Gasteiger partial charge is 0.410 e. The first kappa shape index (κ1) is 16.9. The van der Waals surface area contributed by atoms with Crippen LogP contribution in [-0.2, 0) is 0 Å². The zero-order valence-corrected chi connectivity index (χ0v) is 13.4. The predicted molar refractivity (Wildman–Crippen MR) is 88.0 cm³/mol. The number of nitrogens with one attached hydrogen (secondary N) is 1. The summed E-state index contributed by atoms with van der Waals surface area (Å²) in [6, 6.07) is 4.89. The van der Waals surface area contributed by atoms with Crippen molar-refractivity contribution in [2.45, 2.75) is 31.7 Å². The van der Waals surface area contributed by atoms with Crippen molar-refractivity contribution in [1.29, 1.82) is 0 Å². The lowest BCUT2D eigenvalue weighted by Crippen LogP contribution is -2.32. The number of carbonyl (C=O) groups excluding carboxylic acids is 1. The van der Waals surface area contributed by atoms with Crippen LogP contribution in [0.3, 0.4) is 0 Å². The quantitative estimate of drug-likeness (QED) is 0.832. The molecule has 1 saturated carbocycles. The molecule has 1 aromatic heterocycles. The van der Waals surface area contributed by atoms with Gasteiger partial charge in [0, 0.05) is 12.3 Å². The van der Waals surface area contributed by atoms with E-state index >= 15 is 0 Å². The number of nitrogens with zero attached hydrogens (tertiary/aromatic N) is 1. The van der Waals surface area contributed by atoms with Crippen molar-refractivity contribution in [2.24, 2.45) is 11.7 Å². The first-order valence-electron chi connectivity index (χ1n) is 8.02. The fourth-order valence-electron chi connectivity index (χ4n) is 2.85. The number of primary amides is 1. The smallest absolute Gasteiger partial charge is 0.407 e. The lowest BCUT2D eigenvalue weighted by molar-refractivity contribution is 0.208. The SMILES string of the molecule is NC(=O)Oc1cc(C(CCC2CC2)n2ccc(=O)[nH]c2=O)ccc1F. The van der Waals surface area contributed by atoms with Gasteiger partial charge in [-0.2, -0.15) is 0 Å². The number of halogens is 1. The highest BCUT2D eigenvalue weighted by Gasteiger charge is 2.25. The number of aromatic amines is 1. The summed E-state index contributed by atoms with van der Waals surface area (Å²) in [4.78, 5) is 36.6. The molecular formula is C17H18FN3O4. The van der Waals surface area contributed by atoms with Crippen LogP contribution in [-0.4, -0.2) is 15.6 Å². The Kier molecular flexibility index (Phi) is 4.69. The molecule has 0 radical (unpaired) electrons. The molecule has 1 unspecified atom stereocenters. The molecule has 3 rings (SSSR count). The third-order valence-electron chi connectivity index (χ3n) is 4.28. The van der Waals surface area contributed by atoms with Crippen molar-refractivity contribution in [2.75, 3.05) is 0 Å². The zero-order valence-electron chi connectivity index (χ0n) is 13.4. The topological polar surface area (TPSA) is 107 Å². The van der Waals surface area contributed by atoms with Crippen LogP contribution in [0.4, 0.5) is 9.18 Å². The van der Waals surface area contributed by atoms with Crippen LogP contribution in [0.1, 0.15) is 37.3 Å². The Balaban J connectivity index is 1.99. The number of ether oxygens (including phenoxy) is 1. The molecule has 1 fully saturated rings. The molecule has 0 aliphatic heterocycles. The highest BCUT2D eigenvalue weighted by molar-refractivity contribution is 5.68. The summed E-state index contributed by atoms with van der Waals surface area (Å²) in [5.41, 5.74) is 4.51. The van der Waals surface area contributed by atoms with Crippen LogP contribution < -0.4 is 21.7 Å². The average molecular weight is 347 g/mol. The molecule has 1 amide bonds. The number of nitrogens with two attached hydrogens (primary N) is 1. The zero-order chi connectivity index (χ0) is 18.0. The van der Waals surface area contributed by atoms with Crippen molar-refractivity contribution in [3.63, 3.8) is 0 Å². The summed E-state index contributed by atoms with van der Waals surface area (Å²) in [6.45, 7) is 0. The third-order valence-corrected chi connectivity index (χ3v) is 4.28. The summed E-state index contributed by atoms with van der Waals surface area (Å²) in [7, 11) is 0.